The van der Waals surface area contributed by atoms with Crippen LogP contribution in [0.3, 0.4) is 0 Å². The van der Waals surface area contributed by atoms with Gasteiger partial charge in [-0.2, -0.15) is 0 Å². The highest BCUT2D eigenvalue weighted by Crippen LogP contribution is 2.25. The van der Waals surface area contributed by atoms with Crippen LogP contribution in [0, 0.1) is 5.92 Å². The molecule has 1 unspecified atom stereocenters. The fourth-order valence-corrected chi connectivity index (χ4v) is 2.99. The molecule has 0 aromatic heterocycles. The minimum absolute atomic E-state index is 0.196. The van der Waals surface area contributed by atoms with E-state index < -0.39 is 18.0 Å². The van der Waals surface area contributed by atoms with Gasteiger partial charge >= 0.3 is 5.97 Å². The largest absolute Gasteiger partial charge is 0.481 e. The van der Waals surface area contributed by atoms with Crippen molar-refractivity contribution < 1.29 is 19.4 Å². The molecule has 1 saturated heterocycles. The molecular formula is C16H20ClNO4. The van der Waals surface area contributed by atoms with Crippen LogP contribution >= 0.6 is 11.6 Å². The fourth-order valence-electron chi connectivity index (χ4n) is 2.81. The zero-order chi connectivity index (χ0) is 16.3. The molecule has 3 atom stereocenters. The van der Waals surface area contributed by atoms with E-state index in [9.17, 15) is 14.7 Å². The van der Waals surface area contributed by atoms with Crippen LogP contribution in [0.5, 0.6) is 5.75 Å². The van der Waals surface area contributed by atoms with E-state index in [4.69, 9.17) is 16.3 Å². The van der Waals surface area contributed by atoms with Gasteiger partial charge in [0.1, 0.15) is 5.75 Å². The van der Waals surface area contributed by atoms with Gasteiger partial charge in [0.15, 0.2) is 6.10 Å². The Morgan fingerprint density at radius 3 is 2.82 bits per heavy atom. The molecule has 0 saturated carbocycles. The second kappa shape index (κ2) is 7.01. The molecule has 0 spiro atoms. The maximum absolute atomic E-state index is 12.5. The minimum Gasteiger partial charge on any atom is -0.481 e. The van der Waals surface area contributed by atoms with Gasteiger partial charge in [-0.3, -0.25) is 9.59 Å². The van der Waals surface area contributed by atoms with Crippen molar-refractivity contribution in [3.05, 3.63) is 29.3 Å². The first kappa shape index (κ1) is 16.6. The van der Waals surface area contributed by atoms with Gasteiger partial charge in [0, 0.05) is 17.6 Å². The molecule has 1 amide bonds. The highest BCUT2D eigenvalue weighted by molar-refractivity contribution is 6.30. The number of ether oxygens (including phenoxy) is 1. The lowest BCUT2D eigenvalue weighted by molar-refractivity contribution is -0.151. The molecule has 120 valence electrons. The summed E-state index contributed by atoms with van der Waals surface area (Å²) in [5.74, 6) is -1.05. The molecular weight excluding hydrogens is 306 g/mol. The van der Waals surface area contributed by atoms with Gasteiger partial charge in [-0.1, -0.05) is 17.7 Å². The Kier molecular flexibility index (Phi) is 5.29. The standard InChI is InChI=1S/C16H20ClNO4/c1-10-14(16(20)21)7-4-8-18(10)15(19)11(2)22-13-6-3-5-12(17)9-13/h3,5-6,9-11,14H,4,7-8H2,1-2H3,(H,20,21)/t10-,11?,14-/m0/s1. The molecule has 0 aliphatic carbocycles. The number of benzene rings is 1. The van der Waals surface area contributed by atoms with Crippen LogP contribution in [0.4, 0.5) is 0 Å². The Bertz CT molecular complexity index is 563. The quantitative estimate of drug-likeness (QED) is 0.924. The Morgan fingerprint density at radius 2 is 2.18 bits per heavy atom. The molecule has 22 heavy (non-hydrogen) atoms. The molecule has 5 nitrogen and oxygen atoms in total. The lowest BCUT2D eigenvalue weighted by Crippen LogP contribution is -2.52. The number of carboxylic acids is 1. The van der Waals surface area contributed by atoms with E-state index in [1.54, 1.807) is 43.0 Å². The number of piperidine rings is 1. The average Bonchev–Trinajstić information content (AvgIpc) is 2.46. The van der Waals surface area contributed by atoms with Crippen molar-refractivity contribution in [2.45, 2.75) is 38.8 Å². The van der Waals surface area contributed by atoms with Crippen LogP contribution in [-0.4, -0.2) is 40.6 Å². The minimum atomic E-state index is -0.853. The van der Waals surface area contributed by atoms with Gasteiger partial charge in [0.05, 0.1) is 5.92 Å². The highest BCUT2D eigenvalue weighted by Gasteiger charge is 2.37. The zero-order valence-electron chi connectivity index (χ0n) is 12.7. The molecule has 1 aliphatic rings. The second-order valence-electron chi connectivity index (χ2n) is 5.58. The summed E-state index contributed by atoms with van der Waals surface area (Å²) in [5.41, 5.74) is 0. The van der Waals surface area contributed by atoms with Crippen molar-refractivity contribution in [1.29, 1.82) is 0 Å². The lowest BCUT2D eigenvalue weighted by atomic mass is 9.90. The molecule has 2 rings (SSSR count). The Hall–Kier alpha value is -1.75. The van der Waals surface area contributed by atoms with Crippen LogP contribution < -0.4 is 4.74 Å². The predicted octanol–water partition coefficient (Wildman–Crippen LogP) is 2.82. The average molecular weight is 326 g/mol. The van der Waals surface area contributed by atoms with E-state index in [1.165, 1.54) is 0 Å². The number of carboxylic acid groups (broad SMARTS) is 1. The summed E-state index contributed by atoms with van der Waals surface area (Å²) in [6.45, 7) is 4.01. The normalized spacial score (nSPS) is 23.0. The number of amides is 1. The Balaban J connectivity index is 2.05. The first-order valence-electron chi connectivity index (χ1n) is 7.35. The van der Waals surface area contributed by atoms with E-state index in [2.05, 4.69) is 0 Å². The third kappa shape index (κ3) is 3.71. The van der Waals surface area contributed by atoms with Crippen LogP contribution in [0.1, 0.15) is 26.7 Å². The summed E-state index contributed by atoms with van der Waals surface area (Å²) in [6, 6.07) is 6.52. The monoisotopic (exact) mass is 325 g/mol. The SMILES string of the molecule is CC(Oc1cccc(Cl)c1)C(=O)N1CCC[C@H](C(=O)O)[C@@H]1C. The second-order valence-corrected chi connectivity index (χ2v) is 6.01. The number of likely N-dealkylation sites (tertiary alicyclic amines) is 1. The molecule has 1 heterocycles. The first-order valence-corrected chi connectivity index (χ1v) is 7.73. The van der Waals surface area contributed by atoms with Gasteiger partial charge in [0.25, 0.3) is 5.91 Å². The first-order chi connectivity index (χ1) is 10.4. The smallest absolute Gasteiger partial charge is 0.308 e. The zero-order valence-corrected chi connectivity index (χ0v) is 13.4. The lowest BCUT2D eigenvalue weighted by Gasteiger charge is -2.38. The number of hydrogen-bond donors (Lipinski definition) is 1. The summed E-state index contributed by atoms with van der Waals surface area (Å²) in [4.78, 5) is 25.4. The van der Waals surface area contributed by atoms with E-state index in [0.717, 1.165) is 0 Å². The topological polar surface area (TPSA) is 66.8 Å². The number of carbonyl (C=O) groups excluding carboxylic acids is 1. The number of halogens is 1. The van der Waals surface area contributed by atoms with Crippen LogP contribution in [-0.2, 0) is 9.59 Å². The van der Waals surface area contributed by atoms with Crippen molar-refractivity contribution in [3.8, 4) is 5.75 Å². The van der Waals surface area contributed by atoms with Crippen molar-refractivity contribution >= 4 is 23.5 Å². The molecule has 1 aromatic rings. The van der Waals surface area contributed by atoms with Gasteiger partial charge in [-0.05, 0) is 44.9 Å². The van der Waals surface area contributed by atoms with E-state index >= 15 is 0 Å². The van der Waals surface area contributed by atoms with Crippen LogP contribution in [0.15, 0.2) is 24.3 Å². The molecule has 1 fully saturated rings. The third-order valence-corrected chi connectivity index (χ3v) is 4.28. The number of hydrogen-bond acceptors (Lipinski definition) is 3. The Morgan fingerprint density at radius 1 is 1.45 bits per heavy atom. The summed E-state index contributed by atoms with van der Waals surface area (Å²) >= 11 is 5.89. The number of nitrogens with zero attached hydrogens (tertiary/aromatic N) is 1. The Labute approximate surface area is 134 Å². The molecule has 1 aromatic carbocycles. The van der Waals surface area contributed by atoms with Gasteiger partial charge in [0.2, 0.25) is 0 Å². The van der Waals surface area contributed by atoms with Crippen molar-refractivity contribution in [2.24, 2.45) is 5.92 Å². The molecule has 6 heteroatoms. The van der Waals surface area contributed by atoms with Crippen molar-refractivity contribution in [3.63, 3.8) is 0 Å². The van der Waals surface area contributed by atoms with Crippen molar-refractivity contribution in [1.82, 2.24) is 4.90 Å². The summed E-state index contributed by atoms with van der Waals surface area (Å²) < 4.78 is 5.63. The van der Waals surface area contributed by atoms with Gasteiger partial charge in [-0.25, -0.2) is 0 Å². The van der Waals surface area contributed by atoms with Crippen LogP contribution in [0.2, 0.25) is 5.02 Å². The summed E-state index contributed by atoms with van der Waals surface area (Å²) in [7, 11) is 0. The maximum atomic E-state index is 12.5. The number of carbonyl (C=O) groups is 2. The van der Waals surface area contributed by atoms with E-state index in [0.29, 0.717) is 30.2 Å². The van der Waals surface area contributed by atoms with E-state index in [1.807, 2.05) is 0 Å². The molecule has 1 aliphatic heterocycles. The maximum Gasteiger partial charge on any atom is 0.308 e. The molecule has 1 N–H and O–H groups in total. The summed E-state index contributed by atoms with van der Waals surface area (Å²) in [6.07, 6.45) is 0.606. The van der Waals surface area contributed by atoms with E-state index in [-0.39, 0.29) is 11.9 Å². The summed E-state index contributed by atoms with van der Waals surface area (Å²) in [5, 5.41) is 9.77. The molecule has 0 bridgehead atoms. The van der Waals surface area contributed by atoms with Gasteiger partial charge in [-0.15, -0.1) is 0 Å². The molecule has 0 radical (unpaired) electrons. The number of rotatable bonds is 4. The highest BCUT2D eigenvalue weighted by atomic mass is 35.5. The predicted molar refractivity (Wildman–Crippen MR) is 83.1 cm³/mol. The van der Waals surface area contributed by atoms with Gasteiger partial charge < -0.3 is 14.7 Å². The number of aliphatic carboxylic acids is 1. The third-order valence-electron chi connectivity index (χ3n) is 4.05. The van der Waals surface area contributed by atoms with Crippen LogP contribution in [0.25, 0.3) is 0 Å². The van der Waals surface area contributed by atoms with Crippen molar-refractivity contribution in [2.75, 3.05) is 6.54 Å². The fraction of sp³-hybridized carbons (Fsp3) is 0.500.